The van der Waals surface area contributed by atoms with E-state index in [0.29, 0.717) is 38.0 Å². The van der Waals surface area contributed by atoms with Crippen molar-refractivity contribution >= 4 is 50.1 Å². The lowest BCUT2D eigenvalue weighted by atomic mass is 9.70. The Balaban J connectivity index is 1.29. The van der Waals surface area contributed by atoms with Gasteiger partial charge < -0.3 is 25.4 Å². The summed E-state index contributed by atoms with van der Waals surface area (Å²) in [5.41, 5.74) is 0.495. The maximum Gasteiger partial charge on any atom is 0.250 e. The van der Waals surface area contributed by atoms with Crippen LogP contribution in [-0.4, -0.2) is 63.5 Å². The Morgan fingerprint density at radius 2 is 1.73 bits per heavy atom. The van der Waals surface area contributed by atoms with E-state index in [1.54, 1.807) is 4.90 Å². The minimum atomic E-state index is -1.11. The summed E-state index contributed by atoms with van der Waals surface area (Å²) in [5.74, 6) is -2.22. The molecule has 1 spiro atoms. The first-order valence-corrected chi connectivity index (χ1v) is 15.2. The van der Waals surface area contributed by atoms with E-state index in [2.05, 4.69) is 26.6 Å². The lowest BCUT2D eigenvalue weighted by molar-refractivity contribution is -0.140. The van der Waals surface area contributed by atoms with E-state index in [1.807, 2.05) is 72.8 Å². The number of rotatable bonds is 10. The monoisotopic (exact) mass is 619 g/mol. The number of benzene rings is 3. The van der Waals surface area contributed by atoms with Crippen molar-refractivity contribution in [2.45, 2.75) is 54.8 Å². The highest BCUT2D eigenvalue weighted by Crippen LogP contribution is 2.60. The van der Waals surface area contributed by atoms with Gasteiger partial charge in [0.15, 0.2) is 0 Å². The predicted molar refractivity (Wildman–Crippen MR) is 159 cm³/mol. The molecule has 0 aliphatic carbocycles. The normalized spacial score (nSPS) is 28.2. The van der Waals surface area contributed by atoms with Crippen LogP contribution in [0.1, 0.15) is 31.2 Å². The topological polar surface area (TPSA) is 108 Å². The number of ether oxygens (including phenoxy) is 1. The molecule has 41 heavy (non-hydrogen) atoms. The number of alkyl halides is 1. The van der Waals surface area contributed by atoms with Crippen LogP contribution in [0.5, 0.6) is 0 Å². The number of amides is 3. The van der Waals surface area contributed by atoms with E-state index in [4.69, 9.17) is 4.74 Å². The van der Waals surface area contributed by atoms with Crippen LogP contribution in [0.3, 0.4) is 0 Å². The number of nitrogens with one attached hydrogen (secondary N) is 2. The van der Waals surface area contributed by atoms with Gasteiger partial charge in [-0.1, -0.05) is 76.6 Å². The first kappa shape index (κ1) is 27.9. The molecule has 6 rings (SSSR count). The molecule has 0 aromatic heterocycles. The van der Waals surface area contributed by atoms with Crippen LogP contribution in [0.2, 0.25) is 0 Å². The van der Waals surface area contributed by atoms with Gasteiger partial charge >= 0.3 is 0 Å². The van der Waals surface area contributed by atoms with Gasteiger partial charge in [-0.2, -0.15) is 0 Å². The summed E-state index contributed by atoms with van der Waals surface area (Å²) in [6.45, 7) is 0.777. The van der Waals surface area contributed by atoms with Crippen LogP contribution < -0.4 is 10.6 Å². The Kier molecular flexibility index (Phi) is 7.85. The van der Waals surface area contributed by atoms with Gasteiger partial charge in [-0.3, -0.25) is 14.4 Å². The number of anilines is 1. The number of hydrogen-bond donors (Lipinski definition) is 3. The largest absolute Gasteiger partial charge is 0.396 e. The quantitative estimate of drug-likeness (QED) is 0.235. The fourth-order valence-corrected chi connectivity index (χ4v) is 7.86. The lowest BCUT2D eigenvalue weighted by Gasteiger charge is -2.34. The van der Waals surface area contributed by atoms with Crippen LogP contribution in [0, 0.1) is 11.8 Å². The van der Waals surface area contributed by atoms with E-state index in [-0.39, 0.29) is 29.2 Å². The van der Waals surface area contributed by atoms with E-state index >= 15 is 0 Å². The molecule has 3 heterocycles. The summed E-state index contributed by atoms with van der Waals surface area (Å²) in [5, 5.41) is 17.4. The van der Waals surface area contributed by atoms with Gasteiger partial charge in [0, 0.05) is 30.2 Å². The van der Waals surface area contributed by atoms with Crippen molar-refractivity contribution in [2.75, 3.05) is 18.5 Å². The summed E-state index contributed by atoms with van der Waals surface area (Å²) in [7, 11) is 0. The molecular weight excluding hydrogens is 586 g/mol. The summed E-state index contributed by atoms with van der Waals surface area (Å²) >= 11 is 3.72. The first-order valence-electron chi connectivity index (χ1n) is 14.3. The Morgan fingerprint density at radius 1 is 0.976 bits per heavy atom. The number of unbranched alkanes of at least 4 members (excludes halogenated alkanes) is 2. The van der Waals surface area contributed by atoms with Crippen molar-refractivity contribution in [3.63, 3.8) is 0 Å². The zero-order valence-electron chi connectivity index (χ0n) is 22.7. The van der Waals surface area contributed by atoms with Gasteiger partial charge in [0.1, 0.15) is 11.6 Å². The van der Waals surface area contributed by atoms with Gasteiger partial charge in [-0.25, -0.2) is 0 Å². The van der Waals surface area contributed by atoms with Gasteiger partial charge in [0.05, 0.1) is 17.9 Å². The Morgan fingerprint density at radius 3 is 2.51 bits per heavy atom. The molecule has 3 aliphatic rings. The summed E-state index contributed by atoms with van der Waals surface area (Å²) in [6, 6.07) is 22.4. The number of halogens is 1. The number of aliphatic hydroxyl groups is 1. The second-order valence-corrected chi connectivity index (χ2v) is 12.4. The molecule has 214 valence electrons. The molecule has 9 heteroatoms. The molecule has 2 bridgehead atoms. The molecule has 3 saturated heterocycles. The Bertz CT molecular complexity index is 1450. The number of likely N-dealkylation sites (tertiary alicyclic amines) is 1. The third kappa shape index (κ3) is 5.04. The number of aliphatic hydroxyl groups excluding tert-OH is 1. The van der Waals surface area contributed by atoms with E-state index < -0.39 is 29.6 Å². The molecule has 0 saturated carbocycles. The smallest absolute Gasteiger partial charge is 0.250 e. The molecule has 3 N–H and O–H groups in total. The van der Waals surface area contributed by atoms with Gasteiger partial charge in [0.25, 0.3) is 0 Å². The van der Waals surface area contributed by atoms with Crippen LogP contribution in [0.25, 0.3) is 10.8 Å². The highest BCUT2D eigenvalue weighted by Gasteiger charge is 2.76. The zero-order valence-corrected chi connectivity index (χ0v) is 24.3. The summed E-state index contributed by atoms with van der Waals surface area (Å²) in [6.07, 6.45) is 1.94. The Hall–Kier alpha value is -3.27. The molecule has 0 radical (unpaired) electrons. The lowest BCUT2D eigenvalue weighted by Crippen LogP contribution is -2.54. The fourth-order valence-electron chi connectivity index (χ4n) is 6.92. The number of carbonyl (C=O) groups is 3. The highest BCUT2D eigenvalue weighted by atomic mass is 79.9. The Labute approximate surface area is 247 Å². The van der Waals surface area contributed by atoms with E-state index in [0.717, 1.165) is 22.8 Å². The summed E-state index contributed by atoms with van der Waals surface area (Å²) in [4.78, 5) is 43.3. The molecule has 3 fully saturated rings. The van der Waals surface area contributed by atoms with Crippen molar-refractivity contribution in [3.8, 4) is 0 Å². The summed E-state index contributed by atoms with van der Waals surface area (Å²) < 4.78 is 6.58. The molecule has 8 nitrogen and oxygen atoms in total. The highest BCUT2D eigenvalue weighted by molar-refractivity contribution is 9.09. The van der Waals surface area contributed by atoms with E-state index in [1.165, 1.54) is 0 Å². The molecule has 3 aromatic rings. The number of hydrogen-bond acceptors (Lipinski definition) is 5. The van der Waals surface area contributed by atoms with Crippen molar-refractivity contribution in [1.29, 1.82) is 0 Å². The second-order valence-electron chi connectivity index (χ2n) is 11.2. The second kappa shape index (κ2) is 11.5. The average molecular weight is 621 g/mol. The third-order valence-electron chi connectivity index (χ3n) is 8.72. The molecule has 6 atom stereocenters. The van der Waals surface area contributed by atoms with Crippen LogP contribution in [0.4, 0.5) is 5.69 Å². The van der Waals surface area contributed by atoms with Gasteiger partial charge in [0.2, 0.25) is 17.7 Å². The maximum absolute atomic E-state index is 14.1. The predicted octanol–water partition coefficient (Wildman–Crippen LogP) is 4.01. The number of carbonyl (C=O) groups excluding carboxylic acids is 3. The van der Waals surface area contributed by atoms with Crippen molar-refractivity contribution in [1.82, 2.24) is 10.2 Å². The first-order chi connectivity index (χ1) is 19.9. The minimum absolute atomic E-state index is 0.0755. The fraction of sp³-hybridized carbons (Fsp3) is 0.406. The van der Waals surface area contributed by atoms with Crippen molar-refractivity contribution < 1.29 is 24.2 Å². The van der Waals surface area contributed by atoms with Crippen LogP contribution >= 0.6 is 15.9 Å². The van der Waals surface area contributed by atoms with Crippen LogP contribution in [-0.2, 0) is 25.7 Å². The zero-order chi connectivity index (χ0) is 28.6. The molecule has 3 amide bonds. The molecule has 3 unspecified atom stereocenters. The average Bonchev–Trinajstić information content (AvgIpc) is 3.57. The van der Waals surface area contributed by atoms with E-state index in [9.17, 15) is 19.5 Å². The minimum Gasteiger partial charge on any atom is -0.396 e. The SMILES string of the molecule is O=C(Nc1ccc2ccccc2c1)C1N(CCCCCO)C(=O)[C@@H]2[C@@H](C(=O)NCc3ccccc3)[C@@H]3OC12CC3Br. The molecular formula is C32H34BrN3O5. The molecule has 3 aliphatic heterocycles. The van der Waals surface area contributed by atoms with Gasteiger partial charge in [-0.15, -0.1) is 0 Å². The van der Waals surface area contributed by atoms with Crippen molar-refractivity contribution in [2.24, 2.45) is 11.8 Å². The van der Waals surface area contributed by atoms with Gasteiger partial charge in [-0.05, 0) is 54.2 Å². The van der Waals surface area contributed by atoms with Crippen LogP contribution in [0.15, 0.2) is 72.8 Å². The molecule has 3 aromatic carbocycles. The van der Waals surface area contributed by atoms with Crippen molar-refractivity contribution in [3.05, 3.63) is 78.4 Å². The maximum atomic E-state index is 14.1. The standard InChI is InChI=1S/C32H34BrN3O5/c33-24-18-32-26(25(27(24)41-32)29(38)34-19-20-9-3-1-4-10-20)31(40)36(15-7-2-8-16-37)28(32)30(39)35-23-14-13-21-11-5-6-12-22(21)17-23/h1,3-6,9-14,17,24-28,37H,2,7-8,15-16,18-19H2,(H,34,38)(H,35,39)/t24?,25-,26+,27-,28?,32?/m1/s1. The number of fused-ring (bicyclic) bond motifs is 2. The number of nitrogens with zero attached hydrogens (tertiary/aromatic N) is 1. The third-order valence-corrected chi connectivity index (χ3v) is 9.57.